The zero-order valence-electron chi connectivity index (χ0n) is 16.8. The molecular weight excluding hydrogens is 336 g/mol. The van der Waals surface area contributed by atoms with Gasteiger partial charge in [-0.1, -0.05) is 19.4 Å². The van der Waals surface area contributed by atoms with E-state index in [2.05, 4.69) is 46.4 Å². The molecule has 4 rings (SSSR count). The van der Waals surface area contributed by atoms with E-state index in [0.29, 0.717) is 5.91 Å². The SMILES string of the molecule is CCCCN1C[C@@]2(CCCN(Cc3c(C)nc4ccccn34)C2)CCC1=O. The highest BCUT2D eigenvalue weighted by molar-refractivity contribution is 5.77. The number of hydrogen-bond acceptors (Lipinski definition) is 3. The summed E-state index contributed by atoms with van der Waals surface area (Å²) in [5.74, 6) is 0.365. The number of unbranched alkanes of at least 4 members (excludes halogenated alkanes) is 1. The van der Waals surface area contributed by atoms with Crippen LogP contribution in [0.15, 0.2) is 24.4 Å². The quantitative estimate of drug-likeness (QED) is 0.809. The van der Waals surface area contributed by atoms with Crippen LogP contribution < -0.4 is 0 Å². The standard InChI is InChI=1S/C22H32N4O/c1-3-4-13-25-17-22(11-9-21(25)27)10-7-12-24(16-22)15-19-18(2)23-20-8-5-6-14-26(19)20/h5-6,8,14H,3-4,7,9-13,15-17H2,1-2H3/t22-/m0/s1. The van der Waals surface area contributed by atoms with Gasteiger partial charge in [0.2, 0.25) is 5.91 Å². The van der Waals surface area contributed by atoms with Crippen molar-refractivity contribution in [1.82, 2.24) is 19.2 Å². The maximum Gasteiger partial charge on any atom is 0.222 e. The minimum absolute atomic E-state index is 0.286. The van der Waals surface area contributed by atoms with Crippen LogP contribution >= 0.6 is 0 Å². The molecule has 2 aromatic heterocycles. The number of amides is 1. The van der Waals surface area contributed by atoms with Gasteiger partial charge in [-0.2, -0.15) is 0 Å². The van der Waals surface area contributed by atoms with Gasteiger partial charge in [0.1, 0.15) is 5.65 Å². The van der Waals surface area contributed by atoms with Gasteiger partial charge in [-0.3, -0.25) is 9.69 Å². The summed E-state index contributed by atoms with van der Waals surface area (Å²) in [6, 6.07) is 6.20. The Morgan fingerprint density at radius 2 is 2.11 bits per heavy atom. The molecule has 2 aliphatic heterocycles. The Morgan fingerprint density at radius 3 is 2.96 bits per heavy atom. The van der Waals surface area contributed by atoms with Crippen LogP contribution in [0, 0.1) is 12.3 Å². The minimum Gasteiger partial charge on any atom is -0.342 e. The molecule has 2 aromatic rings. The van der Waals surface area contributed by atoms with Crippen LogP contribution in [0.2, 0.25) is 0 Å². The monoisotopic (exact) mass is 368 g/mol. The van der Waals surface area contributed by atoms with Gasteiger partial charge >= 0.3 is 0 Å². The van der Waals surface area contributed by atoms with Crippen molar-refractivity contribution in [2.24, 2.45) is 5.41 Å². The second-order valence-corrected chi connectivity index (χ2v) is 8.56. The van der Waals surface area contributed by atoms with Crippen molar-refractivity contribution in [2.45, 2.75) is 58.9 Å². The van der Waals surface area contributed by atoms with E-state index in [-0.39, 0.29) is 5.41 Å². The van der Waals surface area contributed by atoms with Gasteiger partial charge in [0.25, 0.3) is 0 Å². The number of aromatic nitrogens is 2. The summed E-state index contributed by atoms with van der Waals surface area (Å²) >= 11 is 0. The van der Waals surface area contributed by atoms with Gasteiger partial charge in [-0.25, -0.2) is 4.98 Å². The van der Waals surface area contributed by atoms with Crippen molar-refractivity contribution in [3.05, 3.63) is 35.8 Å². The summed E-state index contributed by atoms with van der Waals surface area (Å²) in [5.41, 5.74) is 3.75. The summed E-state index contributed by atoms with van der Waals surface area (Å²) in [6.45, 7) is 9.39. The lowest BCUT2D eigenvalue weighted by molar-refractivity contribution is -0.139. The zero-order chi connectivity index (χ0) is 18.9. The highest BCUT2D eigenvalue weighted by atomic mass is 16.2. The highest BCUT2D eigenvalue weighted by Crippen LogP contribution is 2.39. The van der Waals surface area contributed by atoms with E-state index in [4.69, 9.17) is 4.98 Å². The second-order valence-electron chi connectivity index (χ2n) is 8.56. The summed E-state index contributed by atoms with van der Waals surface area (Å²) < 4.78 is 2.23. The number of aryl methyl sites for hydroxylation is 1. The Bertz CT molecular complexity index is 814. The van der Waals surface area contributed by atoms with E-state index in [1.165, 1.54) is 18.5 Å². The van der Waals surface area contributed by atoms with Crippen LogP contribution in [-0.2, 0) is 11.3 Å². The number of rotatable bonds is 5. The number of pyridine rings is 1. The topological polar surface area (TPSA) is 40.9 Å². The van der Waals surface area contributed by atoms with E-state index < -0.39 is 0 Å². The molecule has 5 nitrogen and oxygen atoms in total. The molecule has 0 radical (unpaired) electrons. The molecule has 1 atom stereocenters. The number of likely N-dealkylation sites (tertiary alicyclic amines) is 2. The summed E-state index contributed by atoms with van der Waals surface area (Å²) in [6.07, 6.45) is 8.65. The molecule has 2 fully saturated rings. The minimum atomic E-state index is 0.286. The molecule has 0 aliphatic carbocycles. The van der Waals surface area contributed by atoms with Gasteiger partial charge in [-0.05, 0) is 51.3 Å². The third-order valence-corrected chi connectivity index (χ3v) is 6.47. The van der Waals surface area contributed by atoms with Crippen molar-refractivity contribution < 1.29 is 4.79 Å². The summed E-state index contributed by atoms with van der Waals surface area (Å²) in [4.78, 5) is 21.8. The number of fused-ring (bicyclic) bond motifs is 1. The summed E-state index contributed by atoms with van der Waals surface area (Å²) in [7, 11) is 0. The van der Waals surface area contributed by atoms with Gasteiger partial charge in [0.15, 0.2) is 0 Å². The van der Waals surface area contributed by atoms with Crippen LogP contribution in [0.1, 0.15) is 56.8 Å². The lowest BCUT2D eigenvalue weighted by Gasteiger charge is -2.48. The lowest BCUT2D eigenvalue weighted by atomic mass is 9.73. The molecule has 0 bridgehead atoms. The number of imidazole rings is 1. The molecule has 0 aromatic carbocycles. The molecule has 2 saturated heterocycles. The summed E-state index contributed by atoms with van der Waals surface area (Å²) in [5, 5.41) is 0. The van der Waals surface area contributed by atoms with E-state index in [0.717, 1.165) is 69.7 Å². The average molecular weight is 369 g/mol. The molecule has 27 heavy (non-hydrogen) atoms. The number of nitrogens with zero attached hydrogens (tertiary/aromatic N) is 4. The Labute approximate surface area is 162 Å². The fourth-order valence-corrected chi connectivity index (χ4v) is 5.00. The van der Waals surface area contributed by atoms with Crippen LogP contribution in [0.3, 0.4) is 0 Å². The van der Waals surface area contributed by atoms with Gasteiger partial charge in [-0.15, -0.1) is 0 Å². The van der Waals surface area contributed by atoms with Crippen LogP contribution in [0.4, 0.5) is 0 Å². The first-order chi connectivity index (χ1) is 13.1. The molecule has 1 amide bonds. The van der Waals surface area contributed by atoms with Crippen molar-refractivity contribution in [3.63, 3.8) is 0 Å². The predicted octanol–water partition coefficient (Wildman–Crippen LogP) is 3.65. The number of piperidine rings is 2. The third-order valence-electron chi connectivity index (χ3n) is 6.47. The Hall–Kier alpha value is -1.88. The first kappa shape index (κ1) is 18.5. The van der Waals surface area contributed by atoms with E-state index in [1.54, 1.807) is 0 Å². The molecule has 0 unspecified atom stereocenters. The molecule has 1 spiro atoms. The number of hydrogen-bond donors (Lipinski definition) is 0. The molecule has 2 aliphatic rings. The molecule has 0 saturated carbocycles. The molecule has 146 valence electrons. The van der Waals surface area contributed by atoms with Gasteiger partial charge in [0.05, 0.1) is 11.4 Å². The molecular formula is C22H32N4O. The Kier molecular flexibility index (Phi) is 5.22. The third kappa shape index (κ3) is 3.75. The molecule has 0 N–H and O–H groups in total. The normalized spacial score (nSPS) is 24.2. The zero-order valence-corrected chi connectivity index (χ0v) is 16.8. The second kappa shape index (κ2) is 7.63. The molecule has 4 heterocycles. The first-order valence-corrected chi connectivity index (χ1v) is 10.5. The van der Waals surface area contributed by atoms with E-state index in [9.17, 15) is 4.79 Å². The first-order valence-electron chi connectivity index (χ1n) is 10.5. The average Bonchev–Trinajstić information content (AvgIpc) is 2.98. The maximum absolute atomic E-state index is 12.4. The van der Waals surface area contributed by atoms with Crippen molar-refractivity contribution in [2.75, 3.05) is 26.2 Å². The molecule has 5 heteroatoms. The lowest BCUT2D eigenvalue weighted by Crippen LogP contribution is -2.54. The number of carbonyl (C=O) groups is 1. The fourth-order valence-electron chi connectivity index (χ4n) is 5.00. The smallest absolute Gasteiger partial charge is 0.222 e. The predicted molar refractivity (Wildman–Crippen MR) is 108 cm³/mol. The van der Waals surface area contributed by atoms with Crippen LogP contribution in [0.5, 0.6) is 0 Å². The fraction of sp³-hybridized carbons (Fsp3) is 0.636. The van der Waals surface area contributed by atoms with Crippen molar-refractivity contribution in [3.8, 4) is 0 Å². The maximum atomic E-state index is 12.4. The van der Waals surface area contributed by atoms with Crippen molar-refractivity contribution >= 4 is 11.6 Å². The Morgan fingerprint density at radius 1 is 1.22 bits per heavy atom. The largest absolute Gasteiger partial charge is 0.342 e. The van der Waals surface area contributed by atoms with Gasteiger partial charge < -0.3 is 9.30 Å². The van der Waals surface area contributed by atoms with Gasteiger partial charge in [0, 0.05) is 44.2 Å². The van der Waals surface area contributed by atoms with Crippen LogP contribution in [-0.4, -0.2) is 51.3 Å². The van der Waals surface area contributed by atoms with E-state index >= 15 is 0 Å². The van der Waals surface area contributed by atoms with E-state index in [1.807, 2.05) is 6.07 Å². The highest BCUT2D eigenvalue weighted by Gasteiger charge is 2.41. The van der Waals surface area contributed by atoms with Crippen molar-refractivity contribution in [1.29, 1.82) is 0 Å². The number of carbonyl (C=O) groups excluding carboxylic acids is 1. The van der Waals surface area contributed by atoms with Crippen LogP contribution in [0.25, 0.3) is 5.65 Å². The Balaban J connectivity index is 1.49.